The Morgan fingerprint density at radius 2 is 1.67 bits per heavy atom. The number of carboxylic acid groups (broad SMARTS) is 1. The minimum Gasteiger partial charge on any atom is -0.479 e. The molecule has 0 saturated heterocycles. The molecule has 0 unspecified atom stereocenters. The van der Waals surface area contributed by atoms with E-state index >= 15 is 0 Å². The van der Waals surface area contributed by atoms with Crippen LogP contribution in [-0.2, 0) is 4.79 Å². The first-order valence-electron chi connectivity index (χ1n) is 6.50. The van der Waals surface area contributed by atoms with E-state index in [4.69, 9.17) is 10.2 Å². The monoisotopic (exact) mass is 256 g/mol. The SMILES string of the molecule is O=C(O)[C@@H](O)CNC(=O)N(CC1CC1)CC1CC1. The van der Waals surface area contributed by atoms with E-state index in [2.05, 4.69) is 5.32 Å². The summed E-state index contributed by atoms with van der Waals surface area (Å²) >= 11 is 0. The fourth-order valence-electron chi connectivity index (χ4n) is 1.85. The lowest BCUT2D eigenvalue weighted by molar-refractivity contribution is -0.146. The van der Waals surface area contributed by atoms with E-state index in [1.807, 2.05) is 0 Å². The second kappa shape index (κ2) is 5.56. The van der Waals surface area contributed by atoms with Crippen LogP contribution in [0.5, 0.6) is 0 Å². The van der Waals surface area contributed by atoms with Gasteiger partial charge in [-0.3, -0.25) is 0 Å². The number of hydrogen-bond acceptors (Lipinski definition) is 3. The summed E-state index contributed by atoms with van der Waals surface area (Å²) in [6.07, 6.45) is 3.16. The van der Waals surface area contributed by atoms with Crippen LogP contribution >= 0.6 is 0 Å². The molecule has 6 heteroatoms. The molecular formula is C12H20N2O4. The van der Waals surface area contributed by atoms with Gasteiger partial charge in [0, 0.05) is 13.1 Å². The molecule has 2 aliphatic carbocycles. The zero-order valence-electron chi connectivity index (χ0n) is 10.3. The fraction of sp³-hybridized carbons (Fsp3) is 0.833. The predicted molar refractivity (Wildman–Crippen MR) is 64.1 cm³/mol. The van der Waals surface area contributed by atoms with Crippen molar-refractivity contribution >= 4 is 12.0 Å². The number of urea groups is 1. The molecule has 2 saturated carbocycles. The molecule has 0 aromatic rings. The van der Waals surface area contributed by atoms with E-state index in [-0.39, 0.29) is 12.6 Å². The normalized spacial score (nSPS) is 20.3. The minimum absolute atomic E-state index is 0.236. The van der Waals surface area contributed by atoms with Gasteiger partial charge >= 0.3 is 12.0 Å². The van der Waals surface area contributed by atoms with Gasteiger partial charge < -0.3 is 20.4 Å². The van der Waals surface area contributed by atoms with E-state index in [0.717, 1.165) is 13.1 Å². The lowest BCUT2D eigenvalue weighted by Crippen LogP contribution is -2.46. The molecule has 6 nitrogen and oxygen atoms in total. The van der Waals surface area contributed by atoms with Crippen molar-refractivity contribution in [3.63, 3.8) is 0 Å². The number of carboxylic acids is 1. The Morgan fingerprint density at radius 1 is 1.17 bits per heavy atom. The molecule has 102 valence electrons. The van der Waals surface area contributed by atoms with Crippen molar-refractivity contribution in [2.24, 2.45) is 11.8 Å². The third kappa shape index (κ3) is 4.18. The third-order valence-electron chi connectivity index (χ3n) is 3.37. The third-order valence-corrected chi connectivity index (χ3v) is 3.37. The molecule has 1 atom stereocenters. The first kappa shape index (κ1) is 13.1. The summed E-state index contributed by atoms with van der Waals surface area (Å²) in [5.74, 6) is -0.0935. The zero-order valence-corrected chi connectivity index (χ0v) is 10.3. The Labute approximate surface area is 106 Å². The van der Waals surface area contributed by atoms with E-state index in [1.165, 1.54) is 25.7 Å². The number of aliphatic carboxylic acids is 1. The van der Waals surface area contributed by atoms with Crippen LogP contribution in [0.15, 0.2) is 0 Å². The fourth-order valence-corrected chi connectivity index (χ4v) is 1.85. The van der Waals surface area contributed by atoms with Crippen LogP contribution in [0, 0.1) is 11.8 Å². The Hall–Kier alpha value is -1.30. The zero-order chi connectivity index (χ0) is 13.1. The maximum atomic E-state index is 11.9. The molecule has 0 spiro atoms. The lowest BCUT2D eigenvalue weighted by Gasteiger charge is -2.23. The summed E-state index contributed by atoms with van der Waals surface area (Å²) in [7, 11) is 0. The number of nitrogens with one attached hydrogen (secondary N) is 1. The molecule has 0 bridgehead atoms. The summed E-state index contributed by atoms with van der Waals surface area (Å²) in [6, 6.07) is -0.255. The second-order valence-electron chi connectivity index (χ2n) is 5.33. The molecule has 2 aliphatic rings. The highest BCUT2D eigenvalue weighted by Gasteiger charge is 2.31. The Morgan fingerprint density at radius 3 is 2.06 bits per heavy atom. The molecule has 2 fully saturated rings. The first-order valence-corrected chi connectivity index (χ1v) is 6.50. The summed E-state index contributed by atoms with van der Waals surface area (Å²) in [4.78, 5) is 24.1. The van der Waals surface area contributed by atoms with Crippen molar-refractivity contribution in [2.75, 3.05) is 19.6 Å². The van der Waals surface area contributed by atoms with Gasteiger partial charge in [0.2, 0.25) is 0 Å². The molecule has 0 heterocycles. The molecule has 18 heavy (non-hydrogen) atoms. The number of hydrogen-bond donors (Lipinski definition) is 3. The number of rotatable bonds is 7. The Kier molecular flexibility index (Phi) is 4.06. The van der Waals surface area contributed by atoms with Crippen molar-refractivity contribution in [3.8, 4) is 0 Å². The smallest absolute Gasteiger partial charge is 0.334 e. The first-order chi connectivity index (χ1) is 8.56. The quantitative estimate of drug-likeness (QED) is 0.609. The molecule has 2 rings (SSSR count). The summed E-state index contributed by atoms with van der Waals surface area (Å²) in [5, 5.41) is 20.1. The second-order valence-corrected chi connectivity index (χ2v) is 5.33. The van der Waals surface area contributed by atoms with Crippen molar-refractivity contribution in [3.05, 3.63) is 0 Å². The number of amides is 2. The van der Waals surface area contributed by atoms with Gasteiger partial charge in [-0.25, -0.2) is 9.59 Å². The topological polar surface area (TPSA) is 89.9 Å². The predicted octanol–water partition coefficient (Wildman–Crippen LogP) is 0.263. The van der Waals surface area contributed by atoms with Crippen molar-refractivity contribution in [1.29, 1.82) is 0 Å². The maximum absolute atomic E-state index is 11.9. The van der Waals surface area contributed by atoms with Gasteiger partial charge in [-0.1, -0.05) is 0 Å². The number of aliphatic hydroxyl groups is 1. The van der Waals surface area contributed by atoms with Crippen LogP contribution in [0.1, 0.15) is 25.7 Å². The highest BCUT2D eigenvalue weighted by atomic mass is 16.4. The number of aliphatic hydroxyl groups excluding tert-OH is 1. The highest BCUT2D eigenvalue weighted by Crippen LogP contribution is 2.33. The molecule has 0 radical (unpaired) electrons. The van der Waals surface area contributed by atoms with Crippen LogP contribution < -0.4 is 5.32 Å². The molecule has 0 aromatic carbocycles. The van der Waals surface area contributed by atoms with Crippen LogP contribution in [0.25, 0.3) is 0 Å². The van der Waals surface area contributed by atoms with Gasteiger partial charge in [0.05, 0.1) is 6.54 Å². The van der Waals surface area contributed by atoms with E-state index < -0.39 is 12.1 Å². The number of carbonyl (C=O) groups excluding carboxylic acids is 1. The van der Waals surface area contributed by atoms with Crippen LogP contribution in [-0.4, -0.2) is 52.9 Å². The number of carbonyl (C=O) groups is 2. The van der Waals surface area contributed by atoms with Crippen LogP contribution in [0.2, 0.25) is 0 Å². The number of nitrogens with zero attached hydrogens (tertiary/aromatic N) is 1. The van der Waals surface area contributed by atoms with Gasteiger partial charge in [0.1, 0.15) is 0 Å². The van der Waals surface area contributed by atoms with E-state index in [9.17, 15) is 9.59 Å². The summed E-state index contributed by atoms with van der Waals surface area (Å²) < 4.78 is 0. The Bertz CT molecular complexity index is 312. The van der Waals surface area contributed by atoms with E-state index in [1.54, 1.807) is 4.90 Å². The van der Waals surface area contributed by atoms with E-state index in [0.29, 0.717) is 11.8 Å². The molecular weight excluding hydrogens is 236 g/mol. The Balaban J connectivity index is 1.76. The van der Waals surface area contributed by atoms with Gasteiger partial charge in [-0.05, 0) is 37.5 Å². The lowest BCUT2D eigenvalue weighted by atomic mass is 10.3. The van der Waals surface area contributed by atoms with Gasteiger partial charge in [-0.15, -0.1) is 0 Å². The van der Waals surface area contributed by atoms with Crippen LogP contribution in [0.4, 0.5) is 4.79 Å². The average Bonchev–Trinajstić information content (AvgIpc) is 3.18. The van der Waals surface area contributed by atoms with Crippen molar-refractivity contribution in [2.45, 2.75) is 31.8 Å². The van der Waals surface area contributed by atoms with Crippen molar-refractivity contribution in [1.82, 2.24) is 10.2 Å². The van der Waals surface area contributed by atoms with Gasteiger partial charge in [0.15, 0.2) is 6.10 Å². The minimum atomic E-state index is -1.53. The summed E-state index contributed by atoms with van der Waals surface area (Å²) in [6.45, 7) is 1.27. The van der Waals surface area contributed by atoms with Crippen molar-refractivity contribution < 1.29 is 19.8 Å². The highest BCUT2D eigenvalue weighted by molar-refractivity contribution is 5.76. The molecule has 0 aromatic heterocycles. The molecule has 2 amide bonds. The summed E-state index contributed by atoms with van der Waals surface area (Å²) in [5.41, 5.74) is 0. The molecule has 0 aliphatic heterocycles. The molecule has 3 N–H and O–H groups in total. The van der Waals surface area contributed by atoms with Gasteiger partial charge in [0.25, 0.3) is 0 Å². The van der Waals surface area contributed by atoms with Crippen LogP contribution in [0.3, 0.4) is 0 Å². The average molecular weight is 256 g/mol. The maximum Gasteiger partial charge on any atom is 0.334 e. The standard InChI is InChI=1S/C12H20N2O4/c15-10(11(16)17)5-13-12(18)14(6-8-1-2-8)7-9-3-4-9/h8-10,15H,1-7H2,(H,13,18)(H,16,17)/t10-/m0/s1. The largest absolute Gasteiger partial charge is 0.479 e. The van der Waals surface area contributed by atoms with Gasteiger partial charge in [-0.2, -0.15) is 0 Å².